The van der Waals surface area contributed by atoms with Gasteiger partial charge in [0, 0.05) is 42.0 Å². The first-order valence-electron chi connectivity index (χ1n) is 8.30. The highest BCUT2D eigenvalue weighted by atomic mass is 16.5. The van der Waals surface area contributed by atoms with E-state index in [-0.39, 0.29) is 6.04 Å². The van der Waals surface area contributed by atoms with Crippen molar-refractivity contribution in [2.45, 2.75) is 38.6 Å². The Morgan fingerprint density at radius 2 is 2.00 bits per heavy atom. The molecule has 0 radical (unpaired) electrons. The van der Waals surface area contributed by atoms with Gasteiger partial charge in [-0.25, -0.2) is 0 Å². The maximum Gasteiger partial charge on any atom is 0.157 e. The topological polar surface area (TPSA) is 61.3 Å². The van der Waals surface area contributed by atoms with Crippen molar-refractivity contribution in [3.63, 3.8) is 0 Å². The van der Waals surface area contributed by atoms with Crippen LogP contribution in [0.25, 0.3) is 22.1 Å². The number of fused-ring (bicyclic) bond motifs is 3. The maximum absolute atomic E-state index is 6.30. The number of hydrogen-bond acceptors (Lipinski definition) is 4. The minimum atomic E-state index is -0.0653. The first-order valence-corrected chi connectivity index (χ1v) is 8.30. The number of nitrogens with zero attached hydrogens (tertiary/aromatic N) is 1. The van der Waals surface area contributed by atoms with Crippen molar-refractivity contribution < 1.29 is 9.15 Å². The number of ether oxygens (including phenoxy) is 1. The number of aromatic nitrogens is 1. The lowest BCUT2D eigenvalue weighted by atomic mass is 9.91. The molecule has 2 aromatic heterocycles. The molecule has 23 heavy (non-hydrogen) atoms. The van der Waals surface area contributed by atoms with Crippen LogP contribution in [0.4, 0.5) is 0 Å². The van der Waals surface area contributed by atoms with Crippen LogP contribution in [0, 0.1) is 6.92 Å². The molecule has 0 amide bonds. The molecule has 1 aromatic carbocycles. The van der Waals surface area contributed by atoms with E-state index in [9.17, 15) is 0 Å². The van der Waals surface area contributed by atoms with Crippen LogP contribution in [0.5, 0.6) is 0 Å². The normalized spacial score (nSPS) is 17.9. The molecule has 0 spiro atoms. The third-order valence-electron chi connectivity index (χ3n) is 4.81. The zero-order valence-electron chi connectivity index (χ0n) is 13.6. The molecule has 4 nitrogen and oxygen atoms in total. The number of furan rings is 1. The van der Waals surface area contributed by atoms with Gasteiger partial charge < -0.3 is 14.9 Å². The number of aryl methyl sites for hydroxylation is 1. The van der Waals surface area contributed by atoms with Crippen molar-refractivity contribution in [1.29, 1.82) is 0 Å². The Kier molecular flexibility index (Phi) is 3.58. The number of nitrogens with two attached hydrogens (primary N) is 1. The molecule has 120 valence electrons. The zero-order valence-corrected chi connectivity index (χ0v) is 13.6. The lowest BCUT2D eigenvalue weighted by Crippen LogP contribution is -2.14. The Bertz CT molecular complexity index is 861. The van der Waals surface area contributed by atoms with E-state index in [1.165, 1.54) is 11.1 Å². The second-order valence-corrected chi connectivity index (χ2v) is 6.59. The average Bonchev–Trinajstić information content (AvgIpc) is 2.93. The summed E-state index contributed by atoms with van der Waals surface area (Å²) in [6.45, 7) is 5.72. The summed E-state index contributed by atoms with van der Waals surface area (Å²) in [7, 11) is 0. The highest BCUT2D eigenvalue weighted by Gasteiger charge is 2.23. The van der Waals surface area contributed by atoms with E-state index in [1.807, 2.05) is 13.1 Å². The lowest BCUT2D eigenvalue weighted by Gasteiger charge is -2.22. The van der Waals surface area contributed by atoms with Gasteiger partial charge in [-0.2, -0.15) is 0 Å². The van der Waals surface area contributed by atoms with Crippen molar-refractivity contribution in [3.05, 3.63) is 41.1 Å². The second-order valence-electron chi connectivity index (χ2n) is 6.59. The fourth-order valence-corrected chi connectivity index (χ4v) is 3.62. The lowest BCUT2D eigenvalue weighted by molar-refractivity contribution is 0.0854. The van der Waals surface area contributed by atoms with Crippen LogP contribution in [-0.2, 0) is 4.74 Å². The van der Waals surface area contributed by atoms with Crippen molar-refractivity contribution in [2.75, 3.05) is 13.2 Å². The number of hydrogen-bond donors (Lipinski definition) is 1. The fourth-order valence-electron chi connectivity index (χ4n) is 3.62. The van der Waals surface area contributed by atoms with Crippen LogP contribution in [0.15, 0.2) is 28.8 Å². The van der Waals surface area contributed by atoms with Crippen LogP contribution >= 0.6 is 0 Å². The molecule has 1 saturated heterocycles. The van der Waals surface area contributed by atoms with Crippen LogP contribution in [0.3, 0.4) is 0 Å². The number of rotatable bonds is 2. The molecule has 4 heteroatoms. The SMILES string of the molecule is Cc1cc(C(C)N)c2oc3c(C4CCOCC4)ccnc3c2c1. The van der Waals surface area contributed by atoms with Crippen molar-refractivity contribution in [1.82, 2.24) is 4.98 Å². The quantitative estimate of drug-likeness (QED) is 0.770. The molecule has 2 N–H and O–H groups in total. The van der Waals surface area contributed by atoms with Crippen molar-refractivity contribution in [3.8, 4) is 0 Å². The van der Waals surface area contributed by atoms with E-state index in [1.54, 1.807) is 0 Å². The molecule has 4 rings (SSSR count). The van der Waals surface area contributed by atoms with Gasteiger partial charge in [0.05, 0.1) is 0 Å². The van der Waals surface area contributed by atoms with E-state index >= 15 is 0 Å². The third-order valence-corrected chi connectivity index (χ3v) is 4.81. The predicted octanol–water partition coefficient (Wildman–Crippen LogP) is 4.20. The van der Waals surface area contributed by atoms with Gasteiger partial charge in [-0.15, -0.1) is 0 Å². The molecule has 0 bridgehead atoms. The van der Waals surface area contributed by atoms with E-state index < -0.39 is 0 Å². The minimum absolute atomic E-state index is 0.0653. The first kappa shape index (κ1) is 14.7. The summed E-state index contributed by atoms with van der Waals surface area (Å²) in [6, 6.07) is 6.29. The Labute approximate surface area is 135 Å². The Morgan fingerprint density at radius 1 is 1.22 bits per heavy atom. The highest BCUT2D eigenvalue weighted by Crippen LogP contribution is 2.38. The van der Waals surface area contributed by atoms with Crippen molar-refractivity contribution in [2.24, 2.45) is 5.73 Å². The largest absolute Gasteiger partial charge is 0.454 e. The average molecular weight is 310 g/mol. The van der Waals surface area contributed by atoms with Gasteiger partial charge in [-0.3, -0.25) is 4.98 Å². The molecule has 1 fully saturated rings. The van der Waals surface area contributed by atoms with Gasteiger partial charge in [0.1, 0.15) is 11.1 Å². The molecule has 0 saturated carbocycles. The van der Waals surface area contributed by atoms with Crippen molar-refractivity contribution >= 4 is 22.1 Å². The summed E-state index contributed by atoms with van der Waals surface area (Å²) >= 11 is 0. The zero-order chi connectivity index (χ0) is 16.0. The molecular formula is C19H22N2O2. The monoisotopic (exact) mass is 310 g/mol. The molecule has 3 aromatic rings. The summed E-state index contributed by atoms with van der Waals surface area (Å²) in [6.07, 6.45) is 3.97. The van der Waals surface area contributed by atoms with Gasteiger partial charge in [0.2, 0.25) is 0 Å². The molecule has 1 aliphatic rings. The van der Waals surface area contributed by atoms with Gasteiger partial charge in [0.15, 0.2) is 5.58 Å². The van der Waals surface area contributed by atoms with E-state index in [0.29, 0.717) is 5.92 Å². The van der Waals surface area contributed by atoms with E-state index in [0.717, 1.165) is 53.7 Å². The van der Waals surface area contributed by atoms with Crippen LogP contribution < -0.4 is 5.73 Å². The molecule has 1 aliphatic heterocycles. The smallest absolute Gasteiger partial charge is 0.157 e. The highest BCUT2D eigenvalue weighted by molar-refractivity contribution is 6.05. The molecule has 0 aliphatic carbocycles. The van der Waals surface area contributed by atoms with Gasteiger partial charge in [-0.1, -0.05) is 6.07 Å². The Hall–Kier alpha value is -1.91. The van der Waals surface area contributed by atoms with Gasteiger partial charge in [0.25, 0.3) is 0 Å². The fraction of sp³-hybridized carbons (Fsp3) is 0.421. The Balaban J connectivity index is 1.99. The summed E-state index contributed by atoms with van der Waals surface area (Å²) in [4.78, 5) is 4.60. The predicted molar refractivity (Wildman–Crippen MR) is 91.6 cm³/mol. The second kappa shape index (κ2) is 5.62. The maximum atomic E-state index is 6.30. The summed E-state index contributed by atoms with van der Waals surface area (Å²) in [5.41, 5.74) is 12.4. The third kappa shape index (κ3) is 2.42. The summed E-state index contributed by atoms with van der Waals surface area (Å²) in [5, 5.41) is 1.07. The molecule has 3 heterocycles. The first-order chi connectivity index (χ1) is 11.1. The van der Waals surface area contributed by atoms with Gasteiger partial charge in [-0.05, 0) is 50.3 Å². The van der Waals surface area contributed by atoms with Crippen LogP contribution in [0.1, 0.15) is 48.4 Å². The van der Waals surface area contributed by atoms with Crippen LogP contribution in [0.2, 0.25) is 0 Å². The standard InChI is InChI=1S/C19H22N2O2/c1-11-9-15(12(2)20)18-16(10-11)17-19(23-18)14(3-6-21-17)13-4-7-22-8-5-13/h3,6,9-10,12-13H,4-5,7-8,20H2,1-2H3. The molecule has 1 unspecified atom stereocenters. The Morgan fingerprint density at radius 3 is 2.74 bits per heavy atom. The van der Waals surface area contributed by atoms with Gasteiger partial charge >= 0.3 is 0 Å². The van der Waals surface area contributed by atoms with Crippen LogP contribution in [-0.4, -0.2) is 18.2 Å². The summed E-state index contributed by atoms with van der Waals surface area (Å²) in [5.74, 6) is 0.481. The number of benzene rings is 1. The minimum Gasteiger partial charge on any atom is -0.454 e. The van der Waals surface area contributed by atoms with E-state index in [4.69, 9.17) is 14.9 Å². The molecular weight excluding hydrogens is 288 g/mol. The van der Waals surface area contributed by atoms with E-state index in [2.05, 4.69) is 30.1 Å². The summed E-state index contributed by atoms with van der Waals surface area (Å²) < 4.78 is 11.8. The number of pyridine rings is 1. The molecule has 1 atom stereocenters.